The normalized spacial score (nSPS) is 10.3. The molecule has 0 spiro atoms. The zero-order valence-corrected chi connectivity index (χ0v) is 15.0. The van der Waals surface area contributed by atoms with Gasteiger partial charge >= 0.3 is 0 Å². The Balaban J connectivity index is 1.83. The van der Waals surface area contributed by atoms with Gasteiger partial charge in [-0.3, -0.25) is 4.79 Å². The van der Waals surface area contributed by atoms with Crippen LogP contribution < -0.4 is 15.4 Å². The van der Waals surface area contributed by atoms with Crippen LogP contribution >= 0.6 is 0 Å². The van der Waals surface area contributed by atoms with E-state index in [9.17, 15) is 4.79 Å². The van der Waals surface area contributed by atoms with Crippen molar-refractivity contribution in [3.8, 4) is 5.75 Å². The van der Waals surface area contributed by atoms with Gasteiger partial charge in [0.05, 0.1) is 7.11 Å². The number of hydrogen-bond donors (Lipinski definition) is 2. The van der Waals surface area contributed by atoms with Crippen molar-refractivity contribution in [2.75, 3.05) is 25.5 Å². The van der Waals surface area contributed by atoms with Crippen molar-refractivity contribution in [3.05, 3.63) is 53.7 Å². The topological polar surface area (TPSA) is 63.2 Å². The molecule has 0 fully saturated rings. The molecule has 0 radical (unpaired) electrons. The number of methoxy groups -OCH3 is 1. The zero-order chi connectivity index (χ0) is 17.9. The van der Waals surface area contributed by atoms with Crippen LogP contribution in [0.25, 0.3) is 0 Å². The molecule has 0 unspecified atom stereocenters. The molecule has 1 aromatic carbocycles. The van der Waals surface area contributed by atoms with Crippen molar-refractivity contribution in [1.82, 2.24) is 10.3 Å². The fourth-order valence-electron chi connectivity index (χ4n) is 2.51. The number of carbonyl (C=O) groups is 1. The largest absolute Gasteiger partial charge is 0.497 e. The Hall–Kier alpha value is -2.56. The molecule has 1 heterocycles. The molecule has 0 bridgehead atoms. The van der Waals surface area contributed by atoms with E-state index in [2.05, 4.69) is 28.6 Å². The standard InChI is InChI=1S/C20H27N3O2/c1-3-4-5-11-23-20(24)17-10-13-22-19(15-17)21-12-9-16-7-6-8-18(14-16)25-2/h6-8,10,13-15H,3-5,9,11-12H2,1-2H3,(H,21,22)(H,23,24). The number of ether oxygens (including phenoxy) is 1. The SMILES string of the molecule is CCCCCNC(=O)c1ccnc(NCCc2cccc(OC)c2)c1. The Morgan fingerprint density at radius 3 is 2.84 bits per heavy atom. The molecule has 0 saturated carbocycles. The third kappa shape index (κ3) is 6.45. The predicted octanol–water partition coefficient (Wildman–Crippen LogP) is 3.66. The number of benzene rings is 1. The van der Waals surface area contributed by atoms with E-state index < -0.39 is 0 Å². The molecule has 1 amide bonds. The molecule has 0 aliphatic rings. The Morgan fingerprint density at radius 1 is 1.16 bits per heavy atom. The van der Waals surface area contributed by atoms with Crippen LogP contribution in [0.2, 0.25) is 0 Å². The van der Waals surface area contributed by atoms with Crippen LogP contribution in [0.4, 0.5) is 5.82 Å². The molecule has 0 saturated heterocycles. The van der Waals surface area contributed by atoms with Crippen LogP contribution in [0.3, 0.4) is 0 Å². The molecule has 1 aromatic heterocycles. The summed E-state index contributed by atoms with van der Waals surface area (Å²) in [7, 11) is 1.67. The van der Waals surface area contributed by atoms with E-state index >= 15 is 0 Å². The van der Waals surface area contributed by atoms with Gasteiger partial charge in [0.15, 0.2) is 0 Å². The van der Waals surface area contributed by atoms with E-state index in [-0.39, 0.29) is 5.91 Å². The fraction of sp³-hybridized carbons (Fsp3) is 0.400. The summed E-state index contributed by atoms with van der Waals surface area (Å²) in [5.74, 6) is 1.52. The average molecular weight is 341 g/mol. The molecule has 134 valence electrons. The highest BCUT2D eigenvalue weighted by molar-refractivity contribution is 5.94. The lowest BCUT2D eigenvalue weighted by atomic mass is 10.1. The fourth-order valence-corrected chi connectivity index (χ4v) is 2.51. The van der Waals surface area contributed by atoms with Gasteiger partial charge < -0.3 is 15.4 Å². The summed E-state index contributed by atoms with van der Waals surface area (Å²) in [4.78, 5) is 16.4. The van der Waals surface area contributed by atoms with Crippen molar-refractivity contribution in [1.29, 1.82) is 0 Å². The maximum atomic E-state index is 12.1. The van der Waals surface area contributed by atoms with Crippen LogP contribution in [0.5, 0.6) is 5.75 Å². The van der Waals surface area contributed by atoms with Gasteiger partial charge in [0, 0.05) is 24.8 Å². The molecule has 2 aromatic rings. The van der Waals surface area contributed by atoms with Crippen LogP contribution in [0.1, 0.15) is 42.1 Å². The second-order valence-electron chi connectivity index (χ2n) is 5.92. The highest BCUT2D eigenvalue weighted by Gasteiger charge is 2.06. The summed E-state index contributed by atoms with van der Waals surface area (Å²) in [6.45, 7) is 3.60. The quantitative estimate of drug-likeness (QED) is 0.647. The van der Waals surface area contributed by atoms with E-state index in [4.69, 9.17) is 4.74 Å². The van der Waals surface area contributed by atoms with Crippen molar-refractivity contribution in [3.63, 3.8) is 0 Å². The minimum atomic E-state index is -0.0469. The number of anilines is 1. The first-order valence-corrected chi connectivity index (χ1v) is 8.84. The van der Waals surface area contributed by atoms with Gasteiger partial charge in [0.2, 0.25) is 0 Å². The second-order valence-corrected chi connectivity index (χ2v) is 5.92. The maximum absolute atomic E-state index is 12.1. The Kier molecular flexibility index (Phi) is 7.76. The first-order valence-electron chi connectivity index (χ1n) is 8.84. The molecule has 2 N–H and O–H groups in total. The van der Waals surface area contributed by atoms with Gasteiger partial charge in [-0.05, 0) is 42.7 Å². The first kappa shape index (κ1) is 18.8. The van der Waals surface area contributed by atoms with Gasteiger partial charge in [-0.25, -0.2) is 4.98 Å². The van der Waals surface area contributed by atoms with Crippen molar-refractivity contribution < 1.29 is 9.53 Å². The summed E-state index contributed by atoms with van der Waals surface area (Å²) in [5, 5.41) is 6.22. The number of unbranched alkanes of at least 4 members (excludes halogenated alkanes) is 2. The lowest BCUT2D eigenvalue weighted by molar-refractivity contribution is 0.0953. The molecule has 0 atom stereocenters. The monoisotopic (exact) mass is 341 g/mol. The van der Waals surface area contributed by atoms with Gasteiger partial charge in [-0.2, -0.15) is 0 Å². The van der Waals surface area contributed by atoms with Crippen molar-refractivity contribution in [2.24, 2.45) is 0 Å². The van der Waals surface area contributed by atoms with Crippen LogP contribution in [-0.2, 0) is 6.42 Å². The van der Waals surface area contributed by atoms with Crippen molar-refractivity contribution >= 4 is 11.7 Å². The summed E-state index contributed by atoms with van der Waals surface area (Å²) < 4.78 is 5.23. The number of hydrogen-bond acceptors (Lipinski definition) is 4. The zero-order valence-electron chi connectivity index (χ0n) is 15.0. The molecule has 0 aliphatic heterocycles. The highest BCUT2D eigenvalue weighted by Crippen LogP contribution is 2.13. The Bertz CT molecular complexity index is 673. The van der Waals surface area contributed by atoms with Gasteiger partial charge in [0.25, 0.3) is 5.91 Å². The number of nitrogens with one attached hydrogen (secondary N) is 2. The Labute approximate surface area is 149 Å². The van der Waals surface area contributed by atoms with Gasteiger partial charge in [0.1, 0.15) is 11.6 Å². The van der Waals surface area contributed by atoms with Gasteiger partial charge in [-0.1, -0.05) is 31.9 Å². The molecule has 0 aliphatic carbocycles. The number of rotatable bonds is 10. The van der Waals surface area contributed by atoms with E-state index in [1.165, 1.54) is 5.56 Å². The third-order valence-electron chi connectivity index (χ3n) is 3.94. The van der Waals surface area contributed by atoms with Crippen LogP contribution in [0.15, 0.2) is 42.6 Å². The molecule has 5 heteroatoms. The minimum absolute atomic E-state index is 0.0469. The minimum Gasteiger partial charge on any atom is -0.497 e. The number of nitrogens with zero attached hydrogens (tertiary/aromatic N) is 1. The van der Waals surface area contributed by atoms with Crippen LogP contribution in [-0.4, -0.2) is 31.1 Å². The summed E-state index contributed by atoms with van der Waals surface area (Å²) >= 11 is 0. The number of carbonyl (C=O) groups excluding carboxylic acids is 1. The summed E-state index contributed by atoms with van der Waals surface area (Å²) in [6.07, 6.45) is 5.81. The van der Waals surface area contributed by atoms with Gasteiger partial charge in [-0.15, -0.1) is 0 Å². The second kappa shape index (κ2) is 10.3. The predicted molar refractivity (Wildman–Crippen MR) is 101 cm³/mol. The van der Waals surface area contributed by atoms with E-state index in [0.717, 1.165) is 38.0 Å². The summed E-state index contributed by atoms with van der Waals surface area (Å²) in [5.41, 5.74) is 1.83. The lowest BCUT2D eigenvalue weighted by Crippen LogP contribution is -2.24. The molecular formula is C20H27N3O2. The van der Waals surface area contributed by atoms with Crippen LogP contribution in [0, 0.1) is 0 Å². The third-order valence-corrected chi connectivity index (χ3v) is 3.94. The highest BCUT2D eigenvalue weighted by atomic mass is 16.5. The summed E-state index contributed by atoms with van der Waals surface area (Å²) in [6, 6.07) is 11.5. The number of amides is 1. The molecule has 2 rings (SSSR count). The first-order chi connectivity index (χ1) is 12.2. The number of aromatic nitrogens is 1. The molecule has 5 nitrogen and oxygen atoms in total. The smallest absolute Gasteiger partial charge is 0.251 e. The van der Waals surface area contributed by atoms with E-state index in [0.29, 0.717) is 17.9 Å². The average Bonchev–Trinajstić information content (AvgIpc) is 2.65. The van der Waals surface area contributed by atoms with E-state index in [1.54, 1.807) is 25.4 Å². The van der Waals surface area contributed by atoms with E-state index in [1.807, 2.05) is 18.2 Å². The molecular weight excluding hydrogens is 314 g/mol. The lowest BCUT2D eigenvalue weighted by Gasteiger charge is -2.09. The molecule has 25 heavy (non-hydrogen) atoms. The number of pyridine rings is 1. The van der Waals surface area contributed by atoms with Crippen molar-refractivity contribution in [2.45, 2.75) is 32.6 Å². The Morgan fingerprint density at radius 2 is 2.04 bits per heavy atom. The maximum Gasteiger partial charge on any atom is 0.251 e.